The van der Waals surface area contributed by atoms with Gasteiger partial charge in [0.2, 0.25) is 5.91 Å². The second-order valence-electron chi connectivity index (χ2n) is 4.32. The molecule has 0 bridgehead atoms. The molecule has 2 N–H and O–H groups in total. The molecule has 110 valence electrons. The molecule has 0 aliphatic carbocycles. The average Bonchev–Trinajstić information content (AvgIpc) is 2.53. The van der Waals surface area contributed by atoms with Gasteiger partial charge in [0, 0.05) is 17.2 Å². The zero-order valence-corrected chi connectivity index (χ0v) is 12.2. The maximum atomic E-state index is 11.6. The summed E-state index contributed by atoms with van der Waals surface area (Å²) >= 11 is 0. The molecular weight excluding hydrogens is 270 g/mol. The highest BCUT2D eigenvalue weighted by Crippen LogP contribution is 2.40. The third-order valence-electron chi connectivity index (χ3n) is 3.19. The van der Waals surface area contributed by atoms with Gasteiger partial charge in [-0.3, -0.25) is 4.79 Å². The van der Waals surface area contributed by atoms with E-state index in [1.165, 1.54) is 0 Å². The van der Waals surface area contributed by atoms with E-state index in [2.05, 4.69) is 0 Å². The molecule has 2 rings (SSSR count). The van der Waals surface area contributed by atoms with Gasteiger partial charge in [0.05, 0.1) is 21.3 Å². The molecule has 0 aliphatic heterocycles. The maximum Gasteiger partial charge on any atom is 0.249 e. The average molecular weight is 287 g/mol. The summed E-state index contributed by atoms with van der Waals surface area (Å²) in [5.74, 6) is 1.17. The lowest BCUT2D eigenvalue weighted by molar-refractivity contribution is 0.100. The molecule has 0 heterocycles. The smallest absolute Gasteiger partial charge is 0.249 e. The number of amides is 1. The molecule has 0 atom stereocenters. The Kier molecular flexibility index (Phi) is 4.33. The summed E-state index contributed by atoms with van der Waals surface area (Å²) < 4.78 is 15.9. The molecule has 0 spiro atoms. The van der Waals surface area contributed by atoms with Crippen LogP contribution in [0, 0.1) is 0 Å². The molecule has 21 heavy (non-hydrogen) atoms. The van der Waals surface area contributed by atoms with Crippen LogP contribution in [0.5, 0.6) is 17.2 Å². The van der Waals surface area contributed by atoms with Crippen molar-refractivity contribution in [1.29, 1.82) is 0 Å². The summed E-state index contributed by atoms with van der Waals surface area (Å²) in [7, 11) is 4.65. The number of nitrogens with two attached hydrogens (primary N) is 1. The van der Waals surface area contributed by atoms with Crippen LogP contribution in [-0.2, 0) is 0 Å². The molecule has 5 nitrogen and oxygen atoms in total. The predicted molar refractivity (Wildman–Crippen MR) is 80.1 cm³/mol. The van der Waals surface area contributed by atoms with E-state index in [1.807, 2.05) is 12.1 Å². The summed E-state index contributed by atoms with van der Waals surface area (Å²) in [5.41, 5.74) is 7.25. The zero-order valence-electron chi connectivity index (χ0n) is 12.2. The van der Waals surface area contributed by atoms with Gasteiger partial charge in [0.1, 0.15) is 5.75 Å². The van der Waals surface area contributed by atoms with Crippen molar-refractivity contribution in [3.63, 3.8) is 0 Å². The van der Waals surface area contributed by atoms with E-state index in [9.17, 15) is 4.79 Å². The van der Waals surface area contributed by atoms with Crippen LogP contribution in [0.4, 0.5) is 0 Å². The van der Waals surface area contributed by atoms with Crippen LogP contribution in [-0.4, -0.2) is 27.2 Å². The zero-order chi connectivity index (χ0) is 15.4. The van der Waals surface area contributed by atoms with Crippen molar-refractivity contribution in [3.05, 3.63) is 42.0 Å². The Balaban J connectivity index is 2.71. The van der Waals surface area contributed by atoms with Crippen molar-refractivity contribution in [2.75, 3.05) is 21.3 Å². The Labute approximate surface area is 123 Å². The third-order valence-corrected chi connectivity index (χ3v) is 3.19. The number of primary amides is 1. The number of carbonyl (C=O) groups is 1. The summed E-state index contributed by atoms with van der Waals surface area (Å²) in [5, 5.41) is 0. The van der Waals surface area contributed by atoms with E-state index in [-0.39, 0.29) is 0 Å². The van der Waals surface area contributed by atoms with Crippen molar-refractivity contribution in [3.8, 4) is 28.4 Å². The normalized spacial score (nSPS) is 10.0. The fourth-order valence-electron chi connectivity index (χ4n) is 2.17. The third kappa shape index (κ3) is 2.76. The molecule has 5 heteroatoms. The van der Waals surface area contributed by atoms with Gasteiger partial charge in [-0.05, 0) is 17.7 Å². The van der Waals surface area contributed by atoms with Crippen molar-refractivity contribution in [2.24, 2.45) is 5.73 Å². The molecule has 0 radical (unpaired) electrons. The van der Waals surface area contributed by atoms with Gasteiger partial charge in [-0.1, -0.05) is 18.2 Å². The molecule has 2 aromatic carbocycles. The lowest BCUT2D eigenvalue weighted by atomic mass is 9.98. The number of rotatable bonds is 5. The number of ether oxygens (including phenoxy) is 3. The molecule has 0 unspecified atom stereocenters. The second kappa shape index (κ2) is 6.17. The van der Waals surface area contributed by atoms with Crippen molar-refractivity contribution >= 4 is 5.91 Å². The van der Waals surface area contributed by atoms with E-state index in [0.29, 0.717) is 33.9 Å². The summed E-state index contributed by atoms with van der Waals surface area (Å²) in [6, 6.07) is 10.6. The molecule has 0 saturated heterocycles. The number of hydrogen-bond donors (Lipinski definition) is 1. The maximum absolute atomic E-state index is 11.6. The van der Waals surface area contributed by atoms with Crippen molar-refractivity contribution in [2.45, 2.75) is 0 Å². The van der Waals surface area contributed by atoms with Gasteiger partial charge in [-0.25, -0.2) is 0 Å². The minimum atomic E-state index is -0.498. The van der Waals surface area contributed by atoms with Crippen LogP contribution >= 0.6 is 0 Å². The quantitative estimate of drug-likeness (QED) is 0.917. The van der Waals surface area contributed by atoms with Crippen LogP contribution < -0.4 is 19.9 Å². The minimum absolute atomic E-state index is 0.419. The van der Waals surface area contributed by atoms with E-state index in [0.717, 1.165) is 0 Å². The molecule has 2 aromatic rings. The first kappa shape index (κ1) is 14.7. The second-order valence-corrected chi connectivity index (χ2v) is 4.32. The Morgan fingerprint density at radius 1 is 0.857 bits per heavy atom. The highest BCUT2D eigenvalue weighted by Gasteiger charge is 2.17. The Morgan fingerprint density at radius 3 is 2.00 bits per heavy atom. The lowest BCUT2D eigenvalue weighted by Gasteiger charge is -2.15. The van der Waals surface area contributed by atoms with Crippen LogP contribution in [0.15, 0.2) is 36.4 Å². The van der Waals surface area contributed by atoms with Gasteiger partial charge in [-0.2, -0.15) is 0 Å². The summed E-state index contributed by atoms with van der Waals surface area (Å²) in [4.78, 5) is 11.6. The lowest BCUT2D eigenvalue weighted by Crippen LogP contribution is -2.12. The number of methoxy groups -OCH3 is 3. The van der Waals surface area contributed by atoms with Crippen LogP contribution in [0.2, 0.25) is 0 Å². The Morgan fingerprint density at radius 2 is 1.43 bits per heavy atom. The molecule has 0 fully saturated rings. The first-order chi connectivity index (χ1) is 10.1. The Bertz CT molecular complexity index is 667. The van der Waals surface area contributed by atoms with E-state index in [4.69, 9.17) is 19.9 Å². The van der Waals surface area contributed by atoms with E-state index < -0.39 is 5.91 Å². The monoisotopic (exact) mass is 287 g/mol. The molecule has 0 aromatic heterocycles. The number of carbonyl (C=O) groups excluding carboxylic acids is 1. The van der Waals surface area contributed by atoms with Gasteiger partial charge < -0.3 is 19.9 Å². The van der Waals surface area contributed by atoms with E-state index >= 15 is 0 Å². The number of benzene rings is 2. The largest absolute Gasteiger partial charge is 0.496 e. The van der Waals surface area contributed by atoms with Gasteiger partial charge >= 0.3 is 0 Å². The van der Waals surface area contributed by atoms with Crippen molar-refractivity contribution in [1.82, 2.24) is 0 Å². The topological polar surface area (TPSA) is 70.8 Å². The fourth-order valence-corrected chi connectivity index (χ4v) is 2.17. The van der Waals surface area contributed by atoms with Gasteiger partial charge in [0.15, 0.2) is 11.5 Å². The van der Waals surface area contributed by atoms with Crippen LogP contribution in [0.3, 0.4) is 0 Å². The fraction of sp³-hybridized carbons (Fsp3) is 0.188. The van der Waals surface area contributed by atoms with Crippen molar-refractivity contribution < 1.29 is 19.0 Å². The SMILES string of the molecule is COc1cc(OC)c(-c2ccccc2C(N)=O)cc1OC. The number of hydrogen-bond acceptors (Lipinski definition) is 4. The molecular formula is C16H17NO4. The minimum Gasteiger partial charge on any atom is -0.496 e. The van der Waals surface area contributed by atoms with E-state index in [1.54, 1.807) is 45.6 Å². The van der Waals surface area contributed by atoms with Crippen LogP contribution in [0.1, 0.15) is 10.4 Å². The summed E-state index contributed by atoms with van der Waals surface area (Å²) in [6.45, 7) is 0. The van der Waals surface area contributed by atoms with Gasteiger partial charge in [0.25, 0.3) is 0 Å². The predicted octanol–water partition coefficient (Wildman–Crippen LogP) is 2.48. The highest BCUT2D eigenvalue weighted by molar-refractivity contribution is 6.00. The van der Waals surface area contributed by atoms with Gasteiger partial charge in [-0.15, -0.1) is 0 Å². The summed E-state index contributed by atoms with van der Waals surface area (Å²) in [6.07, 6.45) is 0. The highest BCUT2D eigenvalue weighted by atomic mass is 16.5. The molecule has 1 amide bonds. The first-order valence-corrected chi connectivity index (χ1v) is 6.31. The van der Waals surface area contributed by atoms with Crippen LogP contribution in [0.25, 0.3) is 11.1 Å². The molecule has 0 saturated carbocycles. The Hall–Kier alpha value is -2.69. The molecule has 0 aliphatic rings. The first-order valence-electron chi connectivity index (χ1n) is 6.31. The standard InChI is InChI=1S/C16H17NO4/c1-19-13-9-15(21-3)14(20-2)8-12(13)10-6-4-5-7-11(10)16(17)18/h4-9H,1-3H3,(H2,17,18).